The van der Waals surface area contributed by atoms with Crippen LogP contribution in [0.4, 0.5) is 5.69 Å². The van der Waals surface area contributed by atoms with Gasteiger partial charge in [-0.3, -0.25) is 23.9 Å². The summed E-state index contributed by atoms with van der Waals surface area (Å²) in [4.78, 5) is 40.1. The maximum atomic E-state index is 12.4. The van der Waals surface area contributed by atoms with Gasteiger partial charge in [0, 0.05) is 46.8 Å². The largest absolute Gasteiger partial charge is 0.349 e. The van der Waals surface area contributed by atoms with Crippen LogP contribution >= 0.6 is 11.6 Å². The predicted molar refractivity (Wildman–Crippen MR) is 111 cm³/mol. The minimum atomic E-state index is -0.364. The lowest BCUT2D eigenvalue weighted by atomic mass is 10.1. The second kappa shape index (κ2) is 9.16. The van der Waals surface area contributed by atoms with Gasteiger partial charge in [0.1, 0.15) is 0 Å². The maximum absolute atomic E-state index is 12.4. The number of nitrogens with zero attached hydrogens (tertiary/aromatic N) is 2. The molecule has 148 valence electrons. The first-order valence-corrected chi connectivity index (χ1v) is 9.29. The lowest BCUT2D eigenvalue weighted by Gasteiger charge is -2.14. The van der Waals surface area contributed by atoms with Gasteiger partial charge in [-0.25, -0.2) is 0 Å². The number of rotatable bonds is 6. The van der Waals surface area contributed by atoms with Crippen molar-refractivity contribution in [1.82, 2.24) is 14.9 Å². The van der Waals surface area contributed by atoms with Crippen molar-refractivity contribution in [3.8, 4) is 5.69 Å². The van der Waals surface area contributed by atoms with E-state index < -0.39 is 0 Å². The van der Waals surface area contributed by atoms with Gasteiger partial charge >= 0.3 is 0 Å². The normalized spacial score (nSPS) is 11.5. The molecule has 2 aromatic carbocycles. The molecule has 7 nitrogen and oxygen atoms in total. The lowest BCUT2D eigenvalue weighted by molar-refractivity contribution is -0.116. The molecule has 0 aliphatic carbocycles. The fourth-order valence-electron chi connectivity index (χ4n) is 2.72. The van der Waals surface area contributed by atoms with E-state index in [4.69, 9.17) is 11.6 Å². The summed E-state index contributed by atoms with van der Waals surface area (Å²) >= 11 is 5.82. The van der Waals surface area contributed by atoms with Crippen molar-refractivity contribution in [2.75, 3.05) is 5.32 Å². The molecule has 0 fully saturated rings. The summed E-state index contributed by atoms with van der Waals surface area (Å²) in [6, 6.07) is 13.0. The highest BCUT2D eigenvalue weighted by atomic mass is 35.5. The van der Waals surface area contributed by atoms with Gasteiger partial charge in [0.05, 0.1) is 6.20 Å². The lowest BCUT2D eigenvalue weighted by Crippen LogP contribution is -2.35. The summed E-state index contributed by atoms with van der Waals surface area (Å²) in [5, 5.41) is 6.14. The standard InChI is InChI=1S/C21H19ClN4O3/c1-14(12-19(27)25-17-6-4-16(22)5-7-17)24-21(29)15-2-8-18(9-3-15)26-11-10-23-13-20(26)28/h2-11,13-14H,12H2,1H3,(H,24,29)(H,25,27). The minimum Gasteiger partial charge on any atom is -0.349 e. The molecular formula is C21H19ClN4O3. The van der Waals surface area contributed by atoms with E-state index in [1.165, 1.54) is 17.0 Å². The average molecular weight is 411 g/mol. The van der Waals surface area contributed by atoms with Gasteiger partial charge in [-0.2, -0.15) is 0 Å². The summed E-state index contributed by atoms with van der Waals surface area (Å²) in [5.41, 5.74) is 1.44. The highest BCUT2D eigenvalue weighted by molar-refractivity contribution is 6.30. The molecule has 2 amide bonds. The van der Waals surface area contributed by atoms with Crippen molar-refractivity contribution in [3.63, 3.8) is 0 Å². The number of carbonyl (C=O) groups is 2. The Morgan fingerprint density at radius 2 is 1.79 bits per heavy atom. The summed E-state index contributed by atoms with van der Waals surface area (Å²) in [5.74, 6) is -0.516. The first-order valence-electron chi connectivity index (χ1n) is 8.92. The van der Waals surface area contributed by atoms with Crippen LogP contribution < -0.4 is 16.2 Å². The van der Waals surface area contributed by atoms with Gasteiger partial charge in [0.2, 0.25) is 5.91 Å². The Labute approximate surface area is 172 Å². The van der Waals surface area contributed by atoms with Gasteiger partial charge < -0.3 is 10.6 Å². The zero-order chi connectivity index (χ0) is 20.8. The van der Waals surface area contributed by atoms with Crippen LogP contribution in [0.25, 0.3) is 5.69 Å². The number of aromatic nitrogens is 2. The van der Waals surface area contributed by atoms with Crippen molar-refractivity contribution in [3.05, 3.63) is 88.1 Å². The van der Waals surface area contributed by atoms with Crippen LogP contribution in [0.2, 0.25) is 5.02 Å². The zero-order valence-electron chi connectivity index (χ0n) is 15.6. The number of nitrogens with one attached hydrogen (secondary N) is 2. The number of amides is 2. The predicted octanol–water partition coefficient (Wildman–Crippen LogP) is 3.03. The molecular weight excluding hydrogens is 392 g/mol. The number of halogens is 1. The molecule has 1 unspecified atom stereocenters. The van der Waals surface area contributed by atoms with Gasteiger partial charge in [0.25, 0.3) is 11.5 Å². The summed E-state index contributed by atoms with van der Waals surface area (Å²) < 4.78 is 1.43. The van der Waals surface area contributed by atoms with E-state index in [-0.39, 0.29) is 29.8 Å². The molecule has 0 bridgehead atoms. The van der Waals surface area contributed by atoms with E-state index in [9.17, 15) is 14.4 Å². The third kappa shape index (κ3) is 5.52. The number of benzene rings is 2. The highest BCUT2D eigenvalue weighted by Gasteiger charge is 2.14. The topological polar surface area (TPSA) is 93.1 Å². The number of anilines is 1. The molecule has 0 radical (unpaired) electrons. The number of hydrogen-bond donors (Lipinski definition) is 2. The van der Waals surface area contributed by atoms with Crippen molar-refractivity contribution < 1.29 is 9.59 Å². The van der Waals surface area contributed by atoms with E-state index in [1.807, 2.05) is 0 Å². The number of hydrogen-bond acceptors (Lipinski definition) is 4. The van der Waals surface area contributed by atoms with Crippen LogP contribution in [0.5, 0.6) is 0 Å². The molecule has 3 rings (SSSR count). The molecule has 0 aliphatic heterocycles. The summed E-state index contributed by atoms with van der Waals surface area (Å²) in [6.45, 7) is 1.75. The van der Waals surface area contributed by atoms with Crippen molar-refractivity contribution in [1.29, 1.82) is 0 Å². The Morgan fingerprint density at radius 1 is 1.10 bits per heavy atom. The first kappa shape index (κ1) is 20.3. The molecule has 8 heteroatoms. The van der Waals surface area contributed by atoms with Gasteiger partial charge in [-0.05, 0) is 55.5 Å². The van der Waals surface area contributed by atoms with Crippen LogP contribution in [0.1, 0.15) is 23.7 Å². The Balaban J connectivity index is 1.56. The third-order valence-corrected chi connectivity index (χ3v) is 4.38. The van der Waals surface area contributed by atoms with Gasteiger partial charge in [0.15, 0.2) is 0 Å². The molecule has 3 aromatic rings. The molecule has 0 saturated heterocycles. The fraction of sp³-hybridized carbons (Fsp3) is 0.143. The quantitative estimate of drug-likeness (QED) is 0.653. The average Bonchev–Trinajstić information content (AvgIpc) is 2.70. The summed E-state index contributed by atoms with van der Waals surface area (Å²) in [7, 11) is 0. The first-order chi connectivity index (χ1) is 13.9. The molecule has 0 aliphatic rings. The van der Waals surface area contributed by atoms with Crippen molar-refractivity contribution >= 4 is 29.1 Å². The fourth-order valence-corrected chi connectivity index (χ4v) is 2.84. The molecule has 2 N–H and O–H groups in total. The third-order valence-electron chi connectivity index (χ3n) is 4.13. The van der Waals surface area contributed by atoms with Crippen LogP contribution in [0, 0.1) is 0 Å². The van der Waals surface area contributed by atoms with E-state index in [1.54, 1.807) is 61.7 Å². The molecule has 1 aromatic heterocycles. The molecule has 29 heavy (non-hydrogen) atoms. The SMILES string of the molecule is CC(CC(=O)Nc1ccc(Cl)cc1)NC(=O)c1ccc(-n2ccncc2=O)cc1. The Kier molecular flexibility index (Phi) is 6.41. The second-order valence-corrected chi connectivity index (χ2v) is 6.90. The van der Waals surface area contributed by atoms with E-state index >= 15 is 0 Å². The van der Waals surface area contributed by atoms with E-state index in [0.29, 0.717) is 22.0 Å². The van der Waals surface area contributed by atoms with Crippen molar-refractivity contribution in [2.45, 2.75) is 19.4 Å². The van der Waals surface area contributed by atoms with Crippen LogP contribution in [0.3, 0.4) is 0 Å². The molecule has 0 saturated carbocycles. The second-order valence-electron chi connectivity index (χ2n) is 6.47. The Hall–Kier alpha value is -3.45. The minimum absolute atomic E-state index is 0.124. The number of carbonyl (C=O) groups excluding carboxylic acids is 2. The summed E-state index contributed by atoms with van der Waals surface area (Å²) in [6.07, 6.45) is 4.41. The molecule has 1 atom stereocenters. The Bertz CT molecular complexity index is 1060. The van der Waals surface area contributed by atoms with Gasteiger partial charge in [-0.15, -0.1) is 0 Å². The van der Waals surface area contributed by atoms with Crippen LogP contribution in [0.15, 0.2) is 71.9 Å². The highest BCUT2D eigenvalue weighted by Crippen LogP contribution is 2.14. The smallest absolute Gasteiger partial charge is 0.273 e. The zero-order valence-corrected chi connectivity index (χ0v) is 16.4. The molecule has 0 spiro atoms. The van der Waals surface area contributed by atoms with Gasteiger partial charge in [-0.1, -0.05) is 11.6 Å². The monoisotopic (exact) mass is 410 g/mol. The van der Waals surface area contributed by atoms with Crippen LogP contribution in [-0.4, -0.2) is 27.4 Å². The van der Waals surface area contributed by atoms with E-state index in [0.717, 1.165) is 0 Å². The van der Waals surface area contributed by atoms with E-state index in [2.05, 4.69) is 15.6 Å². The van der Waals surface area contributed by atoms with Crippen molar-refractivity contribution in [2.24, 2.45) is 0 Å². The van der Waals surface area contributed by atoms with Crippen LogP contribution in [-0.2, 0) is 4.79 Å². The maximum Gasteiger partial charge on any atom is 0.273 e. The molecule has 1 heterocycles. The Morgan fingerprint density at radius 3 is 2.45 bits per heavy atom.